The first-order chi connectivity index (χ1) is 23.8. The minimum atomic E-state index is -4.25. The minimum absolute atomic E-state index is 0.144. The second kappa shape index (κ2) is 12.1. The van der Waals surface area contributed by atoms with Crippen LogP contribution in [-0.2, 0) is 15.6 Å². The average molecular weight is 723 g/mol. The molecule has 1 aliphatic heterocycles. The monoisotopic (exact) mass is 721 g/mol. The molecule has 0 saturated heterocycles. The van der Waals surface area contributed by atoms with Gasteiger partial charge in [-0.25, -0.2) is 8.42 Å². The molecule has 1 aliphatic carbocycles. The Labute approximate surface area is 295 Å². The largest absolute Gasteiger partial charge is 0.378 e. The number of aliphatic hydroxyl groups is 1. The summed E-state index contributed by atoms with van der Waals surface area (Å²) in [5, 5.41) is 13.7. The van der Waals surface area contributed by atoms with E-state index in [-0.39, 0.29) is 4.90 Å². The van der Waals surface area contributed by atoms with E-state index in [1.807, 2.05) is 110 Å². The SMILES string of the molecule is Cc1ccc(S(=O)(=O)N2C=C3C(c4ccccc4)=C(c4ccccc4)c4cc(Br)cc(c43)[C@](O)(c3ccccc3)[C@@H]2c2ccccc2)cc1. The molecule has 0 unspecified atom stereocenters. The average Bonchev–Trinajstić information content (AvgIpc) is 3.39. The van der Waals surface area contributed by atoms with Crippen LogP contribution in [0.5, 0.6) is 0 Å². The lowest BCUT2D eigenvalue weighted by Crippen LogP contribution is -2.45. The lowest BCUT2D eigenvalue weighted by molar-refractivity contribution is 0.0184. The van der Waals surface area contributed by atoms with E-state index in [2.05, 4.69) is 46.3 Å². The van der Waals surface area contributed by atoms with Crippen molar-refractivity contribution in [1.29, 1.82) is 0 Å². The van der Waals surface area contributed by atoms with Crippen LogP contribution in [0.3, 0.4) is 0 Å². The Bertz CT molecular complexity index is 2360. The van der Waals surface area contributed by atoms with Crippen molar-refractivity contribution in [1.82, 2.24) is 4.31 Å². The number of benzene rings is 6. The van der Waals surface area contributed by atoms with Crippen LogP contribution >= 0.6 is 15.9 Å². The maximum Gasteiger partial charge on any atom is 0.264 e. The Balaban J connectivity index is 1.56. The predicted octanol–water partition coefficient (Wildman–Crippen LogP) is 9.75. The van der Waals surface area contributed by atoms with E-state index in [1.165, 1.54) is 4.31 Å². The number of sulfonamides is 1. The summed E-state index contributed by atoms with van der Waals surface area (Å²) in [7, 11) is -4.25. The molecule has 2 atom stereocenters. The Morgan fingerprint density at radius 2 is 1.20 bits per heavy atom. The zero-order valence-corrected chi connectivity index (χ0v) is 29.1. The van der Waals surface area contributed by atoms with Crippen LogP contribution in [0, 0.1) is 6.92 Å². The molecule has 0 radical (unpaired) electrons. The molecule has 0 aromatic heterocycles. The third-order valence-corrected chi connectivity index (χ3v) is 11.7. The molecule has 49 heavy (non-hydrogen) atoms. The van der Waals surface area contributed by atoms with Gasteiger partial charge in [-0.05, 0) is 75.7 Å². The molecule has 6 aromatic rings. The van der Waals surface area contributed by atoms with Crippen molar-refractivity contribution in [2.45, 2.75) is 23.5 Å². The molecule has 0 spiro atoms. The normalized spacial score (nSPS) is 18.6. The van der Waals surface area contributed by atoms with E-state index in [0.717, 1.165) is 49.0 Å². The Morgan fingerprint density at radius 3 is 1.80 bits per heavy atom. The van der Waals surface area contributed by atoms with Gasteiger partial charge in [0.15, 0.2) is 0 Å². The van der Waals surface area contributed by atoms with Crippen LogP contribution in [0.25, 0.3) is 16.7 Å². The lowest BCUT2D eigenvalue weighted by Gasteiger charge is -2.42. The number of halogens is 1. The lowest BCUT2D eigenvalue weighted by atomic mass is 9.75. The van der Waals surface area contributed by atoms with Gasteiger partial charge in [0, 0.05) is 21.8 Å². The number of hydrogen-bond acceptors (Lipinski definition) is 3. The second-order valence-corrected chi connectivity index (χ2v) is 15.3. The van der Waals surface area contributed by atoms with Crippen molar-refractivity contribution in [2.24, 2.45) is 0 Å². The first-order valence-corrected chi connectivity index (χ1v) is 18.4. The molecule has 4 nitrogen and oxygen atoms in total. The van der Waals surface area contributed by atoms with Crippen molar-refractivity contribution in [3.8, 4) is 0 Å². The minimum Gasteiger partial charge on any atom is -0.378 e. The van der Waals surface area contributed by atoms with Crippen LogP contribution in [0.15, 0.2) is 173 Å². The molecule has 0 saturated carbocycles. The van der Waals surface area contributed by atoms with Crippen molar-refractivity contribution < 1.29 is 13.5 Å². The number of allylic oxidation sites excluding steroid dienone is 2. The van der Waals surface area contributed by atoms with Crippen LogP contribution in [0.2, 0.25) is 0 Å². The molecule has 1 N–H and O–H groups in total. The smallest absolute Gasteiger partial charge is 0.264 e. The Hall–Kier alpha value is -5.01. The zero-order chi connectivity index (χ0) is 33.8. The summed E-state index contributed by atoms with van der Waals surface area (Å²) in [4.78, 5) is 0.144. The predicted molar refractivity (Wildman–Crippen MR) is 200 cm³/mol. The van der Waals surface area contributed by atoms with Gasteiger partial charge in [0.25, 0.3) is 10.0 Å². The summed E-state index contributed by atoms with van der Waals surface area (Å²) < 4.78 is 32.6. The third kappa shape index (κ3) is 5.10. The van der Waals surface area contributed by atoms with Gasteiger partial charge in [0.05, 0.1) is 4.90 Å². The van der Waals surface area contributed by atoms with E-state index in [9.17, 15) is 5.11 Å². The summed E-state index contributed by atoms with van der Waals surface area (Å²) in [6, 6.07) is 49.0. The molecule has 6 aromatic carbocycles. The highest BCUT2D eigenvalue weighted by molar-refractivity contribution is 9.10. The fraction of sp³-hybridized carbons (Fsp3) is 0.0698. The van der Waals surface area contributed by atoms with Crippen LogP contribution in [0.1, 0.15) is 50.5 Å². The van der Waals surface area contributed by atoms with E-state index in [1.54, 1.807) is 30.5 Å². The Morgan fingerprint density at radius 1 is 0.673 bits per heavy atom. The number of nitrogens with zero attached hydrogens (tertiary/aromatic N) is 1. The number of aryl methyl sites for hydroxylation is 1. The quantitative estimate of drug-likeness (QED) is 0.186. The molecule has 0 fully saturated rings. The first-order valence-electron chi connectivity index (χ1n) is 16.1. The fourth-order valence-electron chi connectivity index (χ4n) is 7.33. The van der Waals surface area contributed by atoms with Gasteiger partial charge in [-0.1, -0.05) is 155 Å². The molecule has 0 amide bonds. The molecule has 6 heteroatoms. The maximum absolute atomic E-state index is 15.2. The highest BCUT2D eigenvalue weighted by Gasteiger charge is 2.52. The van der Waals surface area contributed by atoms with E-state index in [0.29, 0.717) is 16.7 Å². The van der Waals surface area contributed by atoms with Crippen molar-refractivity contribution in [2.75, 3.05) is 0 Å². The van der Waals surface area contributed by atoms with Crippen molar-refractivity contribution in [3.05, 3.63) is 213 Å². The van der Waals surface area contributed by atoms with E-state index >= 15 is 8.42 Å². The molecule has 2 aliphatic rings. The van der Waals surface area contributed by atoms with Crippen LogP contribution in [-0.4, -0.2) is 17.8 Å². The summed E-state index contributed by atoms with van der Waals surface area (Å²) >= 11 is 3.82. The Kier molecular flexibility index (Phi) is 7.75. The van der Waals surface area contributed by atoms with Gasteiger partial charge >= 0.3 is 0 Å². The van der Waals surface area contributed by atoms with Gasteiger partial charge < -0.3 is 5.11 Å². The van der Waals surface area contributed by atoms with Crippen molar-refractivity contribution in [3.63, 3.8) is 0 Å². The molecular formula is C43H32BrNO3S. The molecular weight excluding hydrogens is 690 g/mol. The summed E-state index contributed by atoms with van der Waals surface area (Å²) in [6.07, 6.45) is 1.77. The topological polar surface area (TPSA) is 57.6 Å². The van der Waals surface area contributed by atoms with Gasteiger partial charge in [-0.3, -0.25) is 4.31 Å². The van der Waals surface area contributed by atoms with E-state index < -0.39 is 21.7 Å². The number of rotatable bonds is 6. The summed E-state index contributed by atoms with van der Waals surface area (Å²) in [5.74, 6) is 0. The van der Waals surface area contributed by atoms with Gasteiger partial charge in [-0.15, -0.1) is 0 Å². The van der Waals surface area contributed by atoms with Crippen LogP contribution < -0.4 is 0 Å². The number of hydrogen-bond donors (Lipinski definition) is 1. The molecule has 240 valence electrons. The zero-order valence-electron chi connectivity index (χ0n) is 26.7. The molecule has 8 rings (SSSR count). The molecule has 0 bridgehead atoms. The van der Waals surface area contributed by atoms with Gasteiger partial charge in [0.1, 0.15) is 11.6 Å². The van der Waals surface area contributed by atoms with Crippen molar-refractivity contribution >= 4 is 42.7 Å². The fourth-order valence-corrected chi connectivity index (χ4v) is 9.31. The summed E-state index contributed by atoms with van der Waals surface area (Å²) in [6.45, 7) is 1.93. The molecule has 1 heterocycles. The van der Waals surface area contributed by atoms with Gasteiger partial charge in [-0.2, -0.15) is 0 Å². The van der Waals surface area contributed by atoms with Gasteiger partial charge in [0.2, 0.25) is 0 Å². The third-order valence-electron chi connectivity index (χ3n) is 9.53. The maximum atomic E-state index is 15.2. The van der Waals surface area contributed by atoms with E-state index in [4.69, 9.17) is 0 Å². The standard InChI is InChI=1S/C43H32BrNO3S/c1-29-22-24-35(25-23-29)49(47,48)45-28-37-40(31-16-8-3-9-17-31)39(30-14-6-2-7-15-30)36-26-34(44)27-38(41(36)37)43(46,33-20-12-5-13-21-33)42(45)32-18-10-4-11-19-32/h2-28,42,46H,1H3/t42-,43+/m0/s1. The summed E-state index contributed by atoms with van der Waals surface area (Å²) in [5.41, 5.74) is 7.22. The van der Waals surface area contributed by atoms with Crippen LogP contribution in [0.4, 0.5) is 0 Å². The first kappa shape index (κ1) is 31.3. The second-order valence-electron chi connectivity index (χ2n) is 12.5. The highest BCUT2D eigenvalue weighted by Crippen LogP contribution is 2.59. The highest BCUT2D eigenvalue weighted by atomic mass is 79.9.